The number of carbonyl (C=O) groups is 2. The number of sulfone groups is 1. The number of benzene rings is 2. The van der Waals surface area contributed by atoms with Crippen molar-refractivity contribution >= 4 is 44.8 Å². The molecule has 0 fully saturated rings. The number of para-hydroxylation sites is 1. The second-order valence-corrected chi connectivity index (χ2v) is 10.4. The van der Waals surface area contributed by atoms with Crippen LogP contribution in [-0.4, -0.2) is 37.8 Å². The zero-order valence-corrected chi connectivity index (χ0v) is 17.0. The summed E-state index contributed by atoms with van der Waals surface area (Å²) in [6.07, 6.45) is 0.695. The van der Waals surface area contributed by atoms with E-state index in [2.05, 4.69) is 5.32 Å². The van der Waals surface area contributed by atoms with Gasteiger partial charge in [-0.1, -0.05) is 18.2 Å². The number of fused-ring (bicyclic) bond motifs is 2. The second kappa shape index (κ2) is 7.25. The molecule has 0 bridgehead atoms. The Labute approximate surface area is 168 Å². The molecule has 2 heterocycles. The molecule has 8 heteroatoms. The van der Waals surface area contributed by atoms with Gasteiger partial charge >= 0.3 is 0 Å². The standard InChI is InChI=1S/C20H20N2O4S2/c1-13(10-20(24)22-9-8-14-4-2-3-5-17(14)22)28(25,26)15-6-7-18-16(11-15)21-19(23)12-27-18/h2-7,11,13H,8-10,12H2,1H3,(H,21,23)/t13-/m1/s1. The summed E-state index contributed by atoms with van der Waals surface area (Å²) in [4.78, 5) is 27.0. The predicted octanol–water partition coefficient (Wildman–Crippen LogP) is 2.87. The molecular weight excluding hydrogens is 396 g/mol. The number of nitrogens with zero attached hydrogens (tertiary/aromatic N) is 1. The molecule has 0 saturated carbocycles. The Hall–Kier alpha value is -2.32. The minimum Gasteiger partial charge on any atom is -0.324 e. The first-order chi connectivity index (χ1) is 13.4. The van der Waals surface area contributed by atoms with Crippen molar-refractivity contribution in [3.05, 3.63) is 48.0 Å². The van der Waals surface area contributed by atoms with Crippen molar-refractivity contribution in [3.63, 3.8) is 0 Å². The lowest BCUT2D eigenvalue weighted by Gasteiger charge is -2.21. The molecule has 2 aromatic rings. The number of amides is 2. The third kappa shape index (κ3) is 3.42. The summed E-state index contributed by atoms with van der Waals surface area (Å²) in [5.74, 6) is -0.0211. The van der Waals surface area contributed by atoms with Gasteiger partial charge in [0, 0.05) is 23.5 Å². The molecule has 2 aromatic carbocycles. The van der Waals surface area contributed by atoms with Gasteiger partial charge in [-0.05, 0) is 43.2 Å². The summed E-state index contributed by atoms with van der Waals surface area (Å²) < 4.78 is 26.0. The number of rotatable bonds is 4. The Kier molecular flexibility index (Phi) is 4.93. The molecule has 0 radical (unpaired) electrons. The van der Waals surface area contributed by atoms with Crippen LogP contribution in [0.1, 0.15) is 18.9 Å². The van der Waals surface area contributed by atoms with E-state index in [1.165, 1.54) is 17.8 Å². The fraction of sp³-hybridized carbons (Fsp3) is 0.300. The quantitative estimate of drug-likeness (QED) is 0.829. The molecule has 4 rings (SSSR count). The highest BCUT2D eigenvalue weighted by Crippen LogP contribution is 2.34. The first-order valence-electron chi connectivity index (χ1n) is 9.05. The summed E-state index contributed by atoms with van der Waals surface area (Å²) in [5.41, 5.74) is 2.48. The number of anilines is 2. The number of thioether (sulfide) groups is 1. The van der Waals surface area contributed by atoms with Gasteiger partial charge in [0.05, 0.1) is 21.6 Å². The van der Waals surface area contributed by atoms with Crippen LogP contribution in [0.25, 0.3) is 0 Å². The van der Waals surface area contributed by atoms with Crippen molar-refractivity contribution in [2.75, 3.05) is 22.5 Å². The number of hydrogen-bond acceptors (Lipinski definition) is 5. The first kappa shape index (κ1) is 19.0. The van der Waals surface area contributed by atoms with Gasteiger partial charge in [0.2, 0.25) is 11.8 Å². The van der Waals surface area contributed by atoms with Crippen LogP contribution in [0, 0.1) is 0 Å². The topological polar surface area (TPSA) is 83.6 Å². The summed E-state index contributed by atoms with van der Waals surface area (Å²) >= 11 is 1.38. The Morgan fingerprint density at radius 1 is 1.25 bits per heavy atom. The van der Waals surface area contributed by atoms with E-state index in [1.54, 1.807) is 24.0 Å². The van der Waals surface area contributed by atoms with E-state index in [4.69, 9.17) is 0 Å². The Balaban J connectivity index is 1.53. The molecule has 0 spiro atoms. The molecule has 2 amide bonds. The van der Waals surface area contributed by atoms with E-state index >= 15 is 0 Å². The summed E-state index contributed by atoms with van der Waals surface area (Å²) in [7, 11) is -3.70. The maximum Gasteiger partial charge on any atom is 0.234 e. The largest absolute Gasteiger partial charge is 0.324 e. The van der Waals surface area contributed by atoms with Crippen LogP contribution in [0.3, 0.4) is 0 Å². The van der Waals surface area contributed by atoms with Crippen LogP contribution in [-0.2, 0) is 25.8 Å². The van der Waals surface area contributed by atoms with Crippen molar-refractivity contribution in [1.29, 1.82) is 0 Å². The van der Waals surface area contributed by atoms with Crippen molar-refractivity contribution in [1.82, 2.24) is 0 Å². The average molecular weight is 417 g/mol. The molecule has 1 atom stereocenters. The summed E-state index contributed by atoms with van der Waals surface area (Å²) in [6, 6.07) is 12.4. The maximum absolute atomic E-state index is 13.0. The summed E-state index contributed by atoms with van der Waals surface area (Å²) in [6.45, 7) is 2.13. The SMILES string of the molecule is C[C@H](CC(=O)N1CCc2ccccc21)S(=O)(=O)c1ccc2c(c1)NC(=O)CS2. The molecular formula is C20H20N2O4S2. The molecule has 0 unspecified atom stereocenters. The van der Waals surface area contributed by atoms with Gasteiger partial charge < -0.3 is 10.2 Å². The highest BCUT2D eigenvalue weighted by molar-refractivity contribution is 8.00. The second-order valence-electron chi connectivity index (χ2n) is 6.98. The van der Waals surface area contributed by atoms with Crippen molar-refractivity contribution in [2.24, 2.45) is 0 Å². The van der Waals surface area contributed by atoms with Crippen molar-refractivity contribution in [3.8, 4) is 0 Å². The summed E-state index contributed by atoms with van der Waals surface area (Å²) in [5, 5.41) is 1.85. The van der Waals surface area contributed by atoms with Crippen LogP contribution < -0.4 is 10.2 Å². The highest BCUT2D eigenvalue weighted by atomic mass is 32.2. The van der Waals surface area contributed by atoms with Gasteiger partial charge in [0.15, 0.2) is 9.84 Å². The van der Waals surface area contributed by atoms with Crippen molar-refractivity contribution in [2.45, 2.75) is 34.8 Å². The Morgan fingerprint density at radius 2 is 2.04 bits per heavy atom. The molecule has 146 valence electrons. The van der Waals surface area contributed by atoms with Gasteiger partial charge in [-0.25, -0.2) is 8.42 Å². The van der Waals surface area contributed by atoms with Gasteiger partial charge in [-0.3, -0.25) is 9.59 Å². The highest BCUT2D eigenvalue weighted by Gasteiger charge is 2.31. The third-order valence-electron chi connectivity index (χ3n) is 5.09. The van der Waals surface area contributed by atoms with Gasteiger partial charge in [-0.2, -0.15) is 0 Å². The van der Waals surface area contributed by atoms with E-state index in [0.717, 1.165) is 22.6 Å². The fourth-order valence-electron chi connectivity index (χ4n) is 3.53. The van der Waals surface area contributed by atoms with Crippen LogP contribution >= 0.6 is 11.8 Å². The zero-order chi connectivity index (χ0) is 19.9. The molecule has 2 aliphatic heterocycles. The molecule has 6 nitrogen and oxygen atoms in total. The van der Waals surface area contributed by atoms with Gasteiger partial charge in [0.25, 0.3) is 0 Å². The number of carbonyl (C=O) groups excluding carboxylic acids is 2. The number of nitrogens with one attached hydrogen (secondary N) is 1. The molecule has 2 aliphatic rings. The van der Waals surface area contributed by atoms with E-state index in [-0.39, 0.29) is 23.1 Å². The lowest BCUT2D eigenvalue weighted by atomic mass is 10.2. The smallest absolute Gasteiger partial charge is 0.234 e. The van der Waals surface area contributed by atoms with Crippen LogP contribution in [0.4, 0.5) is 11.4 Å². The third-order valence-corrected chi connectivity index (χ3v) is 8.30. The molecule has 28 heavy (non-hydrogen) atoms. The lowest BCUT2D eigenvalue weighted by Crippen LogP contribution is -2.33. The molecule has 1 N–H and O–H groups in total. The number of hydrogen-bond donors (Lipinski definition) is 1. The molecule has 0 aliphatic carbocycles. The first-order valence-corrected chi connectivity index (χ1v) is 11.6. The Morgan fingerprint density at radius 3 is 2.86 bits per heavy atom. The lowest BCUT2D eigenvalue weighted by molar-refractivity contribution is -0.118. The van der Waals surface area contributed by atoms with Gasteiger partial charge in [-0.15, -0.1) is 11.8 Å². The minimum atomic E-state index is -3.70. The van der Waals surface area contributed by atoms with E-state index in [0.29, 0.717) is 18.0 Å². The van der Waals surface area contributed by atoms with Crippen molar-refractivity contribution < 1.29 is 18.0 Å². The fourth-order valence-corrected chi connectivity index (χ4v) is 5.69. The Bertz CT molecular complexity index is 1070. The van der Waals surface area contributed by atoms with Gasteiger partial charge in [0.1, 0.15) is 0 Å². The zero-order valence-electron chi connectivity index (χ0n) is 15.3. The predicted molar refractivity (Wildman–Crippen MR) is 110 cm³/mol. The van der Waals surface area contributed by atoms with E-state index in [1.807, 2.05) is 24.3 Å². The van der Waals surface area contributed by atoms with E-state index < -0.39 is 15.1 Å². The van der Waals surface area contributed by atoms with Crippen LogP contribution in [0.2, 0.25) is 0 Å². The normalized spacial score (nSPS) is 16.9. The average Bonchev–Trinajstić information content (AvgIpc) is 3.11. The minimum absolute atomic E-state index is 0.0884. The molecule has 0 saturated heterocycles. The maximum atomic E-state index is 13.0. The van der Waals surface area contributed by atoms with Crippen LogP contribution in [0.5, 0.6) is 0 Å². The van der Waals surface area contributed by atoms with Crippen LogP contribution in [0.15, 0.2) is 52.3 Å². The molecule has 0 aromatic heterocycles. The van der Waals surface area contributed by atoms with E-state index in [9.17, 15) is 18.0 Å². The monoisotopic (exact) mass is 416 g/mol.